The Labute approximate surface area is 127 Å². The molecular formula is C16H14ClNO3. The average Bonchev–Trinajstić information content (AvgIpc) is 2.47. The van der Waals surface area contributed by atoms with E-state index in [0.717, 1.165) is 5.56 Å². The molecule has 0 aromatic heterocycles. The van der Waals surface area contributed by atoms with Crippen LogP contribution in [0, 0.1) is 0 Å². The van der Waals surface area contributed by atoms with Crippen LogP contribution in [0.1, 0.15) is 39.2 Å². The summed E-state index contributed by atoms with van der Waals surface area (Å²) < 4.78 is 0. The summed E-state index contributed by atoms with van der Waals surface area (Å²) in [5, 5.41) is 12.5. The van der Waals surface area contributed by atoms with Crippen LogP contribution >= 0.6 is 11.6 Å². The van der Waals surface area contributed by atoms with E-state index < -0.39 is 11.9 Å². The topological polar surface area (TPSA) is 66.4 Å². The normalized spacial score (nSPS) is 11.7. The highest BCUT2D eigenvalue weighted by molar-refractivity contribution is 6.30. The van der Waals surface area contributed by atoms with Gasteiger partial charge < -0.3 is 10.4 Å². The molecule has 21 heavy (non-hydrogen) atoms. The van der Waals surface area contributed by atoms with Gasteiger partial charge in [-0.1, -0.05) is 35.9 Å². The van der Waals surface area contributed by atoms with E-state index >= 15 is 0 Å². The first-order chi connectivity index (χ1) is 9.99. The maximum atomic E-state index is 12.2. The number of hydrogen-bond donors (Lipinski definition) is 2. The Balaban J connectivity index is 2.20. The third-order valence-electron chi connectivity index (χ3n) is 3.10. The van der Waals surface area contributed by atoms with E-state index in [1.807, 2.05) is 13.0 Å². The van der Waals surface area contributed by atoms with Gasteiger partial charge in [0.25, 0.3) is 5.91 Å². The second-order valence-corrected chi connectivity index (χ2v) is 5.04. The maximum Gasteiger partial charge on any atom is 0.336 e. The summed E-state index contributed by atoms with van der Waals surface area (Å²) in [6.07, 6.45) is 0. The molecule has 2 aromatic carbocycles. The molecule has 0 unspecified atom stereocenters. The van der Waals surface area contributed by atoms with Crippen molar-refractivity contribution in [2.24, 2.45) is 0 Å². The van der Waals surface area contributed by atoms with Crippen LogP contribution < -0.4 is 5.32 Å². The highest BCUT2D eigenvalue weighted by atomic mass is 35.5. The predicted molar refractivity (Wildman–Crippen MR) is 80.7 cm³/mol. The summed E-state index contributed by atoms with van der Waals surface area (Å²) in [4.78, 5) is 23.4. The Bertz CT molecular complexity index is 685. The van der Waals surface area contributed by atoms with Crippen molar-refractivity contribution in [3.63, 3.8) is 0 Å². The van der Waals surface area contributed by atoms with Crippen LogP contribution in [0.25, 0.3) is 0 Å². The molecule has 0 spiro atoms. The number of carboxylic acids is 1. The Morgan fingerprint density at radius 2 is 1.76 bits per heavy atom. The summed E-state index contributed by atoms with van der Waals surface area (Å²) in [7, 11) is 0. The van der Waals surface area contributed by atoms with Crippen molar-refractivity contribution in [1.82, 2.24) is 5.32 Å². The van der Waals surface area contributed by atoms with Gasteiger partial charge in [0.05, 0.1) is 17.2 Å². The molecule has 2 rings (SSSR count). The summed E-state index contributed by atoms with van der Waals surface area (Å²) >= 11 is 5.92. The summed E-state index contributed by atoms with van der Waals surface area (Å²) in [6.45, 7) is 1.81. The van der Waals surface area contributed by atoms with Gasteiger partial charge in [0.1, 0.15) is 0 Å². The number of carbonyl (C=O) groups is 2. The van der Waals surface area contributed by atoms with E-state index in [-0.39, 0.29) is 17.2 Å². The number of carbonyl (C=O) groups excluding carboxylic acids is 1. The van der Waals surface area contributed by atoms with Crippen molar-refractivity contribution < 1.29 is 14.7 Å². The fourth-order valence-electron chi connectivity index (χ4n) is 2.00. The number of carboxylic acid groups (broad SMARTS) is 1. The Kier molecular flexibility index (Phi) is 4.60. The second-order valence-electron chi connectivity index (χ2n) is 4.60. The monoisotopic (exact) mass is 303 g/mol. The highest BCUT2D eigenvalue weighted by Gasteiger charge is 2.17. The lowest BCUT2D eigenvalue weighted by Crippen LogP contribution is -2.28. The number of aromatic carboxylic acids is 1. The van der Waals surface area contributed by atoms with Crippen molar-refractivity contribution in [3.05, 3.63) is 70.2 Å². The van der Waals surface area contributed by atoms with Gasteiger partial charge in [-0.15, -0.1) is 0 Å². The van der Waals surface area contributed by atoms with Gasteiger partial charge >= 0.3 is 5.97 Å². The molecule has 0 fully saturated rings. The van der Waals surface area contributed by atoms with Crippen LogP contribution in [0.4, 0.5) is 0 Å². The van der Waals surface area contributed by atoms with Crippen LogP contribution in [0.2, 0.25) is 5.02 Å². The average molecular weight is 304 g/mol. The fourth-order valence-corrected chi connectivity index (χ4v) is 2.20. The van der Waals surface area contributed by atoms with Crippen LogP contribution in [-0.2, 0) is 0 Å². The lowest BCUT2D eigenvalue weighted by Gasteiger charge is -2.15. The standard InChI is InChI=1S/C16H14ClNO3/c1-10(11-5-4-6-12(17)9-11)18-15(19)13-7-2-3-8-14(13)16(20)21/h2-10H,1H3,(H,18,19)(H,20,21)/t10-/m0/s1. The van der Waals surface area contributed by atoms with E-state index in [9.17, 15) is 9.59 Å². The quantitative estimate of drug-likeness (QED) is 0.908. The molecule has 0 aliphatic heterocycles. The fraction of sp³-hybridized carbons (Fsp3) is 0.125. The first kappa shape index (κ1) is 15.1. The maximum absolute atomic E-state index is 12.2. The molecule has 0 saturated carbocycles. The zero-order valence-electron chi connectivity index (χ0n) is 11.3. The third kappa shape index (κ3) is 3.61. The minimum atomic E-state index is -1.13. The zero-order valence-corrected chi connectivity index (χ0v) is 12.1. The first-order valence-electron chi connectivity index (χ1n) is 6.37. The summed E-state index contributed by atoms with van der Waals surface area (Å²) in [5.41, 5.74) is 0.968. The van der Waals surface area contributed by atoms with Crippen molar-refractivity contribution in [1.29, 1.82) is 0 Å². The highest BCUT2D eigenvalue weighted by Crippen LogP contribution is 2.18. The van der Waals surface area contributed by atoms with E-state index in [0.29, 0.717) is 5.02 Å². The number of hydrogen-bond acceptors (Lipinski definition) is 2. The number of halogens is 1. The molecule has 4 nitrogen and oxygen atoms in total. The van der Waals surface area contributed by atoms with Gasteiger partial charge in [0.15, 0.2) is 0 Å². The molecule has 108 valence electrons. The van der Waals surface area contributed by atoms with E-state index in [2.05, 4.69) is 5.32 Å². The molecular weight excluding hydrogens is 290 g/mol. The third-order valence-corrected chi connectivity index (χ3v) is 3.33. The molecule has 1 atom stereocenters. The van der Waals surface area contributed by atoms with E-state index in [4.69, 9.17) is 16.7 Å². The number of rotatable bonds is 4. The van der Waals surface area contributed by atoms with Gasteiger partial charge in [-0.05, 0) is 36.8 Å². The Hall–Kier alpha value is -2.33. The molecule has 0 saturated heterocycles. The molecule has 1 amide bonds. The molecule has 2 N–H and O–H groups in total. The van der Waals surface area contributed by atoms with E-state index in [1.54, 1.807) is 30.3 Å². The minimum Gasteiger partial charge on any atom is -0.478 e. The van der Waals surface area contributed by atoms with Crippen LogP contribution in [0.5, 0.6) is 0 Å². The van der Waals surface area contributed by atoms with E-state index in [1.165, 1.54) is 12.1 Å². The van der Waals surface area contributed by atoms with Crippen molar-refractivity contribution in [2.75, 3.05) is 0 Å². The first-order valence-corrected chi connectivity index (χ1v) is 6.75. The molecule has 0 bridgehead atoms. The van der Waals surface area contributed by atoms with Gasteiger partial charge in [0, 0.05) is 5.02 Å². The van der Waals surface area contributed by atoms with Crippen molar-refractivity contribution in [3.8, 4) is 0 Å². The predicted octanol–water partition coefficient (Wildman–Crippen LogP) is 3.53. The lowest BCUT2D eigenvalue weighted by atomic mass is 10.0. The second kappa shape index (κ2) is 6.41. The molecule has 0 heterocycles. The Morgan fingerprint density at radius 3 is 2.38 bits per heavy atom. The molecule has 0 aliphatic carbocycles. The van der Waals surface area contributed by atoms with Gasteiger partial charge in [-0.3, -0.25) is 4.79 Å². The van der Waals surface area contributed by atoms with Crippen LogP contribution in [0.15, 0.2) is 48.5 Å². The number of nitrogens with one attached hydrogen (secondary N) is 1. The smallest absolute Gasteiger partial charge is 0.336 e. The molecule has 0 aliphatic rings. The molecule has 0 radical (unpaired) electrons. The summed E-state index contributed by atoms with van der Waals surface area (Å²) in [6, 6.07) is 13.0. The van der Waals surface area contributed by atoms with Gasteiger partial charge in [-0.25, -0.2) is 4.79 Å². The van der Waals surface area contributed by atoms with Crippen molar-refractivity contribution in [2.45, 2.75) is 13.0 Å². The molecule has 2 aromatic rings. The van der Waals surface area contributed by atoms with Crippen LogP contribution in [0.3, 0.4) is 0 Å². The number of benzene rings is 2. The van der Waals surface area contributed by atoms with Gasteiger partial charge in [0.2, 0.25) is 0 Å². The summed E-state index contributed by atoms with van der Waals surface area (Å²) in [5.74, 6) is -1.56. The van der Waals surface area contributed by atoms with Gasteiger partial charge in [-0.2, -0.15) is 0 Å². The minimum absolute atomic E-state index is 0.0201. The number of amides is 1. The zero-order chi connectivity index (χ0) is 15.4. The lowest BCUT2D eigenvalue weighted by molar-refractivity contribution is 0.0690. The largest absolute Gasteiger partial charge is 0.478 e. The van der Waals surface area contributed by atoms with Crippen molar-refractivity contribution >= 4 is 23.5 Å². The molecule has 5 heteroatoms. The SMILES string of the molecule is C[C@H](NC(=O)c1ccccc1C(=O)O)c1cccc(Cl)c1. The van der Waals surface area contributed by atoms with Crippen LogP contribution in [-0.4, -0.2) is 17.0 Å². The Morgan fingerprint density at radius 1 is 1.10 bits per heavy atom.